The van der Waals surface area contributed by atoms with Crippen LogP contribution in [0, 0.1) is 0 Å². The van der Waals surface area contributed by atoms with E-state index >= 15 is 0 Å². The van der Waals surface area contributed by atoms with Gasteiger partial charge in [-0.05, 0) is 70.2 Å². The van der Waals surface area contributed by atoms with Crippen LogP contribution in [-0.4, -0.2) is 82.3 Å². The molecule has 11 nitrogen and oxygen atoms in total. The Morgan fingerprint density at radius 3 is 2.59 bits per heavy atom. The van der Waals surface area contributed by atoms with Gasteiger partial charge < -0.3 is 30.9 Å². The van der Waals surface area contributed by atoms with Gasteiger partial charge in [0.2, 0.25) is 17.7 Å². The van der Waals surface area contributed by atoms with Gasteiger partial charge in [-0.15, -0.1) is 0 Å². The Morgan fingerprint density at radius 1 is 1.05 bits per heavy atom. The average molecular weight is 682 g/mol. The number of hydrogen-bond donors (Lipinski definition) is 4. The van der Waals surface area contributed by atoms with Crippen LogP contribution in [0.1, 0.15) is 74.2 Å². The van der Waals surface area contributed by atoms with Crippen molar-refractivity contribution in [2.24, 2.45) is 0 Å². The lowest BCUT2D eigenvalue weighted by Crippen LogP contribution is -2.57. The number of esters is 1. The van der Waals surface area contributed by atoms with Gasteiger partial charge in [0.05, 0.1) is 12.6 Å². The fraction of sp³-hybridized carbons (Fsp3) is 0.621. The van der Waals surface area contributed by atoms with Crippen molar-refractivity contribution in [3.8, 4) is 0 Å². The molecule has 3 fully saturated rings. The number of amides is 4. The molecule has 0 radical (unpaired) electrons. The van der Waals surface area contributed by atoms with Gasteiger partial charge in [-0.1, -0.05) is 47.6 Å². The summed E-state index contributed by atoms with van der Waals surface area (Å²) in [5.41, 5.74) is 1.20. The summed E-state index contributed by atoms with van der Waals surface area (Å²) in [6.07, 6.45) is 5.60. The summed E-state index contributed by atoms with van der Waals surface area (Å²) >= 11 is 2.07. The number of cyclic esters (lactones) is 1. The molecule has 1 aromatic carbocycles. The van der Waals surface area contributed by atoms with Crippen LogP contribution in [-0.2, 0) is 30.5 Å². The number of alkyl halides is 1. The summed E-state index contributed by atoms with van der Waals surface area (Å²) in [5.74, 6) is -1.20. The molecule has 0 aromatic heterocycles. The molecule has 0 bridgehead atoms. The number of benzene rings is 1. The number of ether oxygens (including phenoxy) is 1. The van der Waals surface area contributed by atoms with E-state index in [4.69, 9.17) is 4.74 Å². The van der Waals surface area contributed by atoms with Gasteiger partial charge in [0, 0.05) is 18.2 Å². The smallest absolute Gasteiger partial charge is 0.319 e. The molecule has 41 heavy (non-hydrogen) atoms. The topological polar surface area (TPSA) is 146 Å². The monoisotopic (exact) mass is 681 g/mol. The molecule has 0 spiro atoms. The maximum atomic E-state index is 13.6. The number of nitrogens with one attached hydrogen (secondary N) is 4. The van der Waals surface area contributed by atoms with E-state index in [1.54, 1.807) is 37.1 Å². The summed E-state index contributed by atoms with van der Waals surface area (Å²) in [7, 11) is 1.69. The number of carbonyl (C=O) groups excluding carboxylic acids is 5. The van der Waals surface area contributed by atoms with Gasteiger partial charge in [0.15, 0.2) is 0 Å². The molecular weight excluding hydrogens is 641 g/mol. The largest absolute Gasteiger partial charge is 0.460 e. The lowest BCUT2D eigenvalue weighted by atomic mass is 9.98. The number of carbonyl (C=O) groups is 5. The minimum Gasteiger partial charge on any atom is -0.460 e. The van der Waals surface area contributed by atoms with Gasteiger partial charge in [0.25, 0.3) is 5.91 Å². The lowest BCUT2D eigenvalue weighted by molar-refractivity contribution is -0.151. The molecule has 4 amide bonds. The van der Waals surface area contributed by atoms with Crippen molar-refractivity contribution in [3.63, 3.8) is 0 Å². The summed E-state index contributed by atoms with van der Waals surface area (Å²) < 4.78 is 5.22. The standard InChI is InChI=1S/C29H40IN5O6/c1-17(31-2)25(36)34-23-9-4-3-8-20-10-13-24(35(20)28(23)39)27(38)32-15-18-6-5-7-19(14-18)26(37)33-16-21-11-12-22(30)29(40)41-21/h5-7,14,17,20-24,31H,3-4,8-13,15-16H2,1-2H3,(H,32,38)(H,33,37)(H,34,36)/t17-,20-,21?,22?,23-,24-/m0/s1. The van der Waals surface area contributed by atoms with Crippen LogP contribution in [0.2, 0.25) is 0 Å². The molecular formula is C29H40IN5O6. The highest BCUT2D eigenvalue weighted by atomic mass is 127. The third-order valence-corrected chi connectivity index (χ3v) is 9.34. The molecule has 12 heteroatoms. The first-order valence-electron chi connectivity index (χ1n) is 14.5. The second kappa shape index (κ2) is 14.4. The van der Waals surface area contributed by atoms with Crippen LogP contribution >= 0.6 is 22.6 Å². The average Bonchev–Trinajstić information content (AvgIpc) is 3.39. The van der Waals surface area contributed by atoms with E-state index in [1.165, 1.54) is 0 Å². The number of likely N-dealkylation sites (N-methyl/N-ethyl adjacent to an activating group) is 1. The second-order valence-corrected chi connectivity index (χ2v) is 12.6. The zero-order valence-electron chi connectivity index (χ0n) is 23.6. The quantitative estimate of drug-likeness (QED) is 0.176. The fourth-order valence-electron chi connectivity index (χ4n) is 5.68. The Bertz CT molecular complexity index is 1150. The molecule has 3 heterocycles. The Morgan fingerprint density at radius 2 is 1.83 bits per heavy atom. The number of rotatable bonds is 9. The Hall–Kier alpha value is -2.74. The molecule has 0 aliphatic carbocycles. The number of fused-ring (bicyclic) bond motifs is 1. The van der Waals surface area contributed by atoms with E-state index in [0.29, 0.717) is 24.8 Å². The molecule has 1 aromatic rings. The van der Waals surface area contributed by atoms with E-state index < -0.39 is 18.1 Å². The molecule has 3 aliphatic rings. The highest BCUT2D eigenvalue weighted by Gasteiger charge is 2.44. The van der Waals surface area contributed by atoms with Crippen molar-refractivity contribution in [2.45, 2.75) is 99.0 Å². The molecule has 4 N–H and O–H groups in total. The van der Waals surface area contributed by atoms with Crippen molar-refractivity contribution in [2.75, 3.05) is 13.6 Å². The van der Waals surface area contributed by atoms with Crippen molar-refractivity contribution >= 4 is 52.2 Å². The van der Waals surface area contributed by atoms with Crippen LogP contribution in [0.15, 0.2) is 24.3 Å². The van der Waals surface area contributed by atoms with Gasteiger partial charge in [0.1, 0.15) is 22.1 Å². The number of nitrogens with zero attached hydrogens (tertiary/aromatic N) is 1. The van der Waals surface area contributed by atoms with E-state index in [1.807, 2.05) is 6.07 Å². The SMILES string of the molecule is CN[C@@H](C)C(=O)N[C@H]1CCCC[C@H]2CC[C@@H](C(=O)NCc3cccc(C(=O)NCC4CCC(I)C(=O)O4)c3)N2C1=O. The first-order chi connectivity index (χ1) is 19.7. The van der Waals surface area contributed by atoms with Crippen LogP contribution < -0.4 is 21.3 Å². The van der Waals surface area contributed by atoms with E-state index in [9.17, 15) is 24.0 Å². The molecule has 0 saturated carbocycles. The van der Waals surface area contributed by atoms with Crippen molar-refractivity contribution in [1.29, 1.82) is 0 Å². The zero-order valence-corrected chi connectivity index (χ0v) is 25.8. The van der Waals surface area contributed by atoms with Gasteiger partial charge in [-0.25, -0.2) is 0 Å². The molecule has 4 rings (SSSR count). The maximum Gasteiger partial charge on any atom is 0.319 e. The van der Waals surface area contributed by atoms with Gasteiger partial charge in [-0.3, -0.25) is 24.0 Å². The molecule has 2 unspecified atom stereocenters. The van der Waals surface area contributed by atoms with Crippen LogP contribution in [0.4, 0.5) is 0 Å². The maximum absolute atomic E-state index is 13.6. The summed E-state index contributed by atoms with van der Waals surface area (Å²) in [6, 6.07) is 5.31. The van der Waals surface area contributed by atoms with Crippen LogP contribution in [0.25, 0.3) is 0 Å². The Balaban J connectivity index is 1.33. The summed E-state index contributed by atoms with van der Waals surface area (Å²) in [6.45, 7) is 2.20. The summed E-state index contributed by atoms with van der Waals surface area (Å²) in [4.78, 5) is 65.6. The van der Waals surface area contributed by atoms with Crippen molar-refractivity contribution in [3.05, 3.63) is 35.4 Å². The Labute approximate surface area is 254 Å². The number of hydrogen-bond acceptors (Lipinski definition) is 7. The highest BCUT2D eigenvalue weighted by molar-refractivity contribution is 14.1. The first kappa shape index (κ1) is 31.2. The van der Waals surface area contributed by atoms with Crippen LogP contribution in [0.5, 0.6) is 0 Å². The summed E-state index contributed by atoms with van der Waals surface area (Å²) in [5, 5.41) is 11.6. The molecule has 6 atom stereocenters. The van der Waals surface area contributed by atoms with Gasteiger partial charge in [-0.2, -0.15) is 0 Å². The van der Waals surface area contributed by atoms with E-state index in [0.717, 1.165) is 37.7 Å². The highest BCUT2D eigenvalue weighted by Crippen LogP contribution is 2.31. The minimum absolute atomic E-state index is 0.0158. The predicted molar refractivity (Wildman–Crippen MR) is 160 cm³/mol. The first-order valence-corrected chi connectivity index (χ1v) is 15.7. The predicted octanol–water partition coefficient (Wildman–Crippen LogP) is 1.57. The van der Waals surface area contributed by atoms with Crippen molar-refractivity contribution < 1.29 is 28.7 Å². The molecule has 3 saturated heterocycles. The third-order valence-electron chi connectivity index (χ3n) is 8.21. The molecule has 3 aliphatic heterocycles. The third kappa shape index (κ3) is 7.97. The Kier molecular flexibility index (Phi) is 11.0. The second-order valence-electron chi connectivity index (χ2n) is 11.1. The van der Waals surface area contributed by atoms with Crippen molar-refractivity contribution in [1.82, 2.24) is 26.2 Å². The van der Waals surface area contributed by atoms with Crippen LogP contribution in [0.3, 0.4) is 0 Å². The zero-order chi connectivity index (χ0) is 29.5. The van der Waals surface area contributed by atoms with Gasteiger partial charge >= 0.3 is 5.97 Å². The normalized spacial score (nSPS) is 27.1. The minimum atomic E-state index is -0.648. The fourth-order valence-corrected chi connectivity index (χ4v) is 6.19. The van der Waals surface area contributed by atoms with E-state index in [-0.39, 0.29) is 58.8 Å². The molecule has 224 valence electrons. The number of halogens is 1. The lowest BCUT2D eigenvalue weighted by Gasteiger charge is -2.35. The van der Waals surface area contributed by atoms with E-state index in [2.05, 4.69) is 43.9 Å².